The van der Waals surface area contributed by atoms with Crippen LogP contribution >= 0.6 is 0 Å². The van der Waals surface area contributed by atoms with Crippen LogP contribution in [0.1, 0.15) is 45.4 Å². The van der Waals surface area contributed by atoms with Crippen molar-refractivity contribution in [3.05, 3.63) is 0 Å². The van der Waals surface area contributed by atoms with Gasteiger partial charge in [0, 0.05) is 25.4 Å². The van der Waals surface area contributed by atoms with Gasteiger partial charge in [0.05, 0.1) is 0 Å². The van der Waals surface area contributed by atoms with Gasteiger partial charge in [0.2, 0.25) is 0 Å². The highest BCUT2D eigenvalue weighted by atomic mass is 16.1. The molecule has 0 heterocycles. The molecule has 1 aliphatic rings. The summed E-state index contributed by atoms with van der Waals surface area (Å²) >= 11 is 0. The van der Waals surface area contributed by atoms with Crippen LogP contribution in [0.2, 0.25) is 0 Å². The van der Waals surface area contributed by atoms with E-state index in [1.54, 1.807) is 0 Å². The number of carbonyl (C=O) groups excluding carboxylic acids is 1. The summed E-state index contributed by atoms with van der Waals surface area (Å²) in [7, 11) is 4.19. The van der Waals surface area contributed by atoms with Crippen LogP contribution in [-0.2, 0) is 4.79 Å². The second-order valence-corrected chi connectivity index (χ2v) is 5.81. The summed E-state index contributed by atoms with van der Waals surface area (Å²) in [6, 6.07) is 0. The van der Waals surface area contributed by atoms with E-state index >= 15 is 0 Å². The van der Waals surface area contributed by atoms with Crippen molar-refractivity contribution in [2.75, 3.05) is 33.7 Å². The maximum absolute atomic E-state index is 11.9. The molecule has 0 bridgehead atoms. The Balaban J connectivity index is 2.23. The summed E-state index contributed by atoms with van der Waals surface area (Å²) < 4.78 is 0. The summed E-state index contributed by atoms with van der Waals surface area (Å²) in [4.78, 5) is 14.1. The molecule has 1 saturated carbocycles. The van der Waals surface area contributed by atoms with E-state index in [1.165, 1.54) is 25.7 Å². The van der Waals surface area contributed by atoms with Gasteiger partial charge in [-0.25, -0.2) is 0 Å². The van der Waals surface area contributed by atoms with Gasteiger partial charge >= 0.3 is 0 Å². The lowest BCUT2D eigenvalue weighted by atomic mass is 9.75. The van der Waals surface area contributed by atoms with Gasteiger partial charge in [-0.3, -0.25) is 4.79 Å². The van der Waals surface area contributed by atoms with Gasteiger partial charge in [-0.05, 0) is 45.8 Å². The van der Waals surface area contributed by atoms with E-state index in [0.717, 1.165) is 32.5 Å². The van der Waals surface area contributed by atoms with Gasteiger partial charge in [-0.1, -0.05) is 19.8 Å². The molecule has 1 aliphatic carbocycles. The number of hydrogen-bond donors (Lipinski definition) is 1. The minimum atomic E-state index is 0.361. The molecule has 0 amide bonds. The normalized spacial score (nSPS) is 24.4. The highest BCUT2D eigenvalue weighted by Crippen LogP contribution is 2.33. The van der Waals surface area contributed by atoms with Crippen molar-refractivity contribution < 1.29 is 4.79 Å². The Morgan fingerprint density at radius 1 is 1.22 bits per heavy atom. The molecule has 106 valence electrons. The Morgan fingerprint density at radius 3 is 2.61 bits per heavy atom. The molecule has 0 aromatic carbocycles. The van der Waals surface area contributed by atoms with Crippen LogP contribution in [0.15, 0.2) is 0 Å². The number of Topliss-reactive ketones (excluding diaryl/α,β-unsaturated/α-hetero) is 1. The van der Waals surface area contributed by atoms with Crippen LogP contribution in [0.4, 0.5) is 0 Å². The van der Waals surface area contributed by atoms with Crippen molar-refractivity contribution in [3.8, 4) is 0 Å². The predicted octanol–water partition coefficient (Wildman–Crippen LogP) is 2.31. The molecule has 0 saturated heterocycles. The average Bonchev–Trinajstić information content (AvgIpc) is 2.37. The molecule has 0 radical (unpaired) electrons. The lowest BCUT2D eigenvalue weighted by Gasteiger charge is -2.30. The highest BCUT2D eigenvalue weighted by Gasteiger charge is 2.28. The molecular weight excluding hydrogens is 224 g/mol. The van der Waals surface area contributed by atoms with Crippen molar-refractivity contribution in [2.24, 2.45) is 11.8 Å². The predicted molar refractivity (Wildman–Crippen MR) is 76.8 cm³/mol. The maximum Gasteiger partial charge on any atom is 0.135 e. The zero-order chi connectivity index (χ0) is 13.4. The zero-order valence-corrected chi connectivity index (χ0v) is 12.4. The van der Waals surface area contributed by atoms with E-state index in [-0.39, 0.29) is 0 Å². The number of carbonyl (C=O) groups is 1. The maximum atomic E-state index is 11.9. The molecule has 1 fully saturated rings. The topological polar surface area (TPSA) is 32.3 Å². The molecule has 0 aliphatic heterocycles. The smallest absolute Gasteiger partial charge is 0.135 e. The Hall–Kier alpha value is -0.410. The van der Waals surface area contributed by atoms with Gasteiger partial charge in [0.1, 0.15) is 5.78 Å². The Bertz CT molecular complexity index is 241. The summed E-state index contributed by atoms with van der Waals surface area (Å²) in [6.07, 6.45) is 6.84. The van der Waals surface area contributed by atoms with Crippen LogP contribution < -0.4 is 5.32 Å². The first-order valence-electron chi connectivity index (χ1n) is 7.53. The Labute approximate surface area is 112 Å². The number of hydrogen-bond acceptors (Lipinski definition) is 3. The number of ketones is 1. The van der Waals surface area contributed by atoms with Gasteiger partial charge < -0.3 is 10.2 Å². The van der Waals surface area contributed by atoms with Gasteiger partial charge in [0.25, 0.3) is 0 Å². The van der Waals surface area contributed by atoms with Gasteiger partial charge in [0.15, 0.2) is 0 Å². The van der Waals surface area contributed by atoms with Crippen molar-refractivity contribution in [3.63, 3.8) is 0 Å². The molecule has 0 aromatic rings. The zero-order valence-electron chi connectivity index (χ0n) is 12.4. The number of rotatable bonds is 8. The van der Waals surface area contributed by atoms with Crippen molar-refractivity contribution in [1.82, 2.24) is 10.2 Å². The monoisotopic (exact) mass is 254 g/mol. The fraction of sp³-hybridized carbons (Fsp3) is 0.933. The number of nitrogens with zero attached hydrogens (tertiary/aromatic N) is 1. The Morgan fingerprint density at radius 2 is 1.94 bits per heavy atom. The van der Waals surface area contributed by atoms with Crippen molar-refractivity contribution in [1.29, 1.82) is 0 Å². The average molecular weight is 254 g/mol. The first kappa shape index (κ1) is 15.6. The van der Waals surface area contributed by atoms with E-state index in [4.69, 9.17) is 0 Å². The largest absolute Gasteiger partial charge is 0.315 e. The summed E-state index contributed by atoms with van der Waals surface area (Å²) in [6.45, 7) is 5.20. The van der Waals surface area contributed by atoms with Gasteiger partial charge in [-0.15, -0.1) is 0 Å². The van der Waals surface area contributed by atoms with Crippen LogP contribution in [0, 0.1) is 11.8 Å². The lowest BCUT2D eigenvalue weighted by Crippen LogP contribution is -2.32. The fourth-order valence-corrected chi connectivity index (χ4v) is 2.95. The van der Waals surface area contributed by atoms with E-state index in [9.17, 15) is 4.79 Å². The van der Waals surface area contributed by atoms with E-state index in [1.807, 2.05) is 6.92 Å². The third-order valence-electron chi connectivity index (χ3n) is 4.10. The summed E-state index contributed by atoms with van der Waals surface area (Å²) in [5, 5.41) is 3.49. The molecule has 3 nitrogen and oxygen atoms in total. The highest BCUT2D eigenvalue weighted by molar-refractivity contribution is 5.81. The quantitative estimate of drug-likeness (QED) is 0.675. The van der Waals surface area contributed by atoms with Crippen LogP contribution in [0.5, 0.6) is 0 Å². The third kappa shape index (κ3) is 5.49. The second kappa shape index (κ2) is 8.65. The summed E-state index contributed by atoms with van der Waals surface area (Å²) in [5.41, 5.74) is 0. The first-order valence-corrected chi connectivity index (χ1v) is 7.53. The third-order valence-corrected chi connectivity index (χ3v) is 4.10. The molecule has 1 rings (SSSR count). The SMILES string of the molecule is CCC(=O)[C@H]1CCCC[C@H]1CCNCCN(C)C. The van der Waals surface area contributed by atoms with Crippen LogP contribution in [-0.4, -0.2) is 44.4 Å². The van der Waals surface area contributed by atoms with Gasteiger partial charge in [-0.2, -0.15) is 0 Å². The first-order chi connectivity index (χ1) is 8.65. The van der Waals surface area contributed by atoms with Crippen LogP contribution in [0.3, 0.4) is 0 Å². The molecule has 3 heteroatoms. The van der Waals surface area contributed by atoms with Crippen molar-refractivity contribution >= 4 is 5.78 Å². The number of nitrogens with one attached hydrogen (secondary N) is 1. The summed E-state index contributed by atoms with van der Waals surface area (Å²) in [5.74, 6) is 1.49. The van der Waals surface area contributed by atoms with Crippen molar-refractivity contribution in [2.45, 2.75) is 45.4 Å². The van der Waals surface area contributed by atoms with Crippen LogP contribution in [0.25, 0.3) is 0 Å². The minimum absolute atomic E-state index is 0.361. The minimum Gasteiger partial charge on any atom is -0.315 e. The molecule has 0 aromatic heterocycles. The molecule has 1 N–H and O–H groups in total. The molecule has 0 spiro atoms. The second-order valence-electron chi connectivity index (χ2n) is 5.81. The molecule has 2 atom stereocenters. The number of likely N-dealkylation sites (N-methyl/N-ethyl adjacent to an activating group) is 1. The standard InChI is InChI=1S/C15H30N2O/c1-4-15(18)14-8-6-5-7-13(14)9-10-16-11-12-17(2)3/h13-14,16H,4-12H2,1-3H3/t13-,14-/m0/s1. The lowest BCUT2D eigenvalue weighted by molar-refractivity contribution is -0.125. The van der Waals surface area contributed by atoms with E-state index in [0.29, 0.717) is 17.6 Å². The Kier molecular flexibility index (Phi) is 7.52. The van der Waals surface area contributed by atoms with E-state index < -0.39 is 0 Å². The van der Waals surface area contributed by atoms with E-state index in [2.05, 4.69) is 24.3 Å². The molecule has 18 heavy (non-hydrogen) atoms. The molecule has 0 unspecified atom stereocenters. The molecular formula is C15H30N2O. The fourth-order valence-electron chi connectivity index (χ4n) is 2.95.